The van der Waals surface area contributed by atoms with Gasteiger partial charge in [0.1, 0.15) is 0 Å². The molecule has 17 heavy (non-hydrogen) atoms. The summed E-state index contributed by atoms with van der Waals surface area (Å²) in [5.74, 6) is 0.0582. The van der Waals surface area contributed by atoms with Gasteiger partial charge in [0.15, 0.2) is 0 Å². The van der Waals surface area contributed by atoms with Gasteiger partial charge in [-0.05, 0) is 32.1 Å². The zero-order valence-electron chi connectivity index (χ0n) is 12.4. The van der Waals surface area contributed by atoms with Crippen LogP contribution in [0.3, 0.4) is 0 Å². The van der Waals surface area contributed by atoms with Gasteiger partial charge in [-0.3, -0.25) is 4.79 Å². The van der Waals surface area contributed by atoms with Gasteiger partial charge in [0.2, 0.25) is 5.91 Å². The summed E-state index contributed by atoms with van der Waals surface area (Å²) >= 11 is 0. The molecule has 1 amide bonds. The molecule has 0 heterocycles. The van der Waals surface area contributed by atoms with Crippen molar-refractivity contribution in [1.29, 1.82) is 0 Å². The number of carbonyl (C=O) groups excluding carboxylic acids is 1. The lowest BCUT2D eigenvalue weighted by Gasteiger charge is -2.34. The Balaban J connectivity index is 4.44. The molecule has 0 radical (unpaired) electrons. The first-order valence-electron chi connectivity index (χ1n) is 6.63. The molecule has 0 aliphatic rings. The molecule has 0 rings (SSSR count). The summed E-state index contributed by atoms with van der Waals surface area (Å²) in [6.45, 7) is 13.2. The van der Waals surface area contributed by atoms with Crippen molar-refractivity contribution in [2.24, 2.45) is 17.1 Å². The molecule has 0 saturated heterocycles. The van der Waals surface area contributed by atoms with Crippen LogP contribution in [0.2, 0.25) is 0 Å². The van der Waals surface area contributed by atoms with Crippen molar-refractivity contribution in [3.8, 4) is 0 Å². The molecule has 3 N–H and O–H groups in total. The van der Waals surface area contributed by atoms with Gasteiger partial charge < -0.3 is 11.1 Å². The smallest absolute Gasteiger partial charge is 0.224 e. The van der Waals surface area contributed by atoms with Gasteiger partial charge in [-0.1, -0.05) is 34.1 Å². The third-order valence-electron chi connectivity index (χ3n) is 2.73. The van der Waals surface area contributed by atoms with Crippen LogP contribution in [0.15, 0.2) is 0 Å². The second-order valence-electron chi connectivity index (χ2n) is 6.83. The Morgan fingerprint density at radius 2 is 1.76 bits per heavy atom. The van der Waals surface area contributed by atoms with Crippen LogP contribution in [0.5, 0.6) is 0 Å². The molecule has 0 bridgehead atoms. The zero-order valence-corrected chi connectivity index (χ0v) is 12.4. The predicted molar refractivity (Wildman–Crippen MR) is 73.7 cm³/mol. The molecular formula is C14H30N2O. The van der Waals surface area contributed by atoms with Gasteiger partial charge in [0, 0.05) is 12.1 Å². The van der Waals surface area contributed by atoms with Gasteiger partial charge in [0.25, 0.3) is 0 Å². The molecule has 0 saturated carbocycles. The standard InChI is InChI=1S/C14H30N2O/c1-7-8-11(9-15)12(17)16-14(5,6)10-13(2,3)4/h11H,7-10,15H2,1-6H3,(H,16,17). The topological polar surface area (TPSA) is 55.1 Å². The van der Waals surface area contributed by atoms with E-state index in [1.165, 1.54) is 0 Å². The lowest BCUT2D eigenvalue weighted by Crippen LogP contribution is -2.49. The van der Waals surface area contributed by atoms with Gasteiger partial charge in [-0.15, -0.1) is 0 Å². The summed E-state index contributed by atoms with van der Waals surface area (Å²) in [5, 5.41) is 3.13. The van der Waals surface area contributed by atoms with E-state index in [2.05, 4.69) is 46.9 Å². The van der Waals surface area contributed by atoms with E-state index in [0.717, 1.165) is 19.3 Å². The maximum Gasteiger partial charge on any atom is 0.224 e. The van der Waals surface area contributed by atoms with Gasteiger partial charge in [-0.25, -0.2) is 0 Å². The average molecular weight is 242 g/mol. The number of amides is 1. The van der Waals surface area contributed by atoms with Crippen molar-refractivity contribution in [3.05, 3.63) is 0 Å². The van der Waals surface area contributed by atoms with E-state index in [-0.39, 0.29) is 22.8 Å². The Morgan fingerprint density at radius 3 is 2.12 bits per heavy atom. The van der Waals surface area contributed by atoms with E-state index in [0.29, 0.717) is 6.54 Å². The predicted octanol–water partition coefficient (Wildman–Crippen LogP) is 2.69. The molecule has 3 nitrogen and oxygen atoms in total. The average Bonchev–Trinajstić information content (AvgIpc) is 2.08. The summed E-state index contributed by atoms with van der Waals surface area (Å²) in [6, 6.07) is 0. The largest absolute Gasteiger partial charge is 0.351 e. The Hall–Kier alpha value is -0.570. The van der Waals surface area contributed by atoms with Crippen molar-refractivity contribution in [2.75, 3.05) is 6.54 Å². The quantitative estimate of drug-likeness (QED) is 0.752. The second-order valence-corrected chi connectivity index (χ2v) is 6.83. The van der Waals surface area contributed by atoms with Crippen molar-refractivity contribution >= 4 is 5.91 Å². The Bertz CT molecular complexity index is 241. The Kier molecular flexibility index (Phi) is 6.17. The van der Waals surface area contributed by atoms with Crippen LogP contribution >= 0.6 is 0 Å². The molecule has 0 aromatic rings. The van der Waals surface area contributed by atoms with Crippen LogP contribution in [0.1, 0.15) is 60.8 Å². The lowest BCUT2D eigenvalue weighted by molar-refractivity contribution is -0.126. The maximum atomic E-state index is 12.1. The molecule has 0 aliphatic heterocycles. The molecule has 1 unspecified atom stereocenters. The highest BCUT2D eigenvalue weighted by molar-refractivity contribution is 5.79. The summed E-state index contributed by atoms with van der Waals surface area (Å²) in [6.07, 6.45) is 2.82. The minimum Gasteiger partial charge on any atom is -0.351 e. The van der Waals surface area contributed by atoms with E-state index in [1.54, 1.807) is 0 Å². The molecule has 0 spiro atoms. The van der Waals surface area contributed by atoms with Crippen LogP contribution in [0.25, 0.3) is 0 Å². The van der Waals surface area contributed by atoms with E-state index < -0.39 is 0 Å². The molecular weight excluding hydrogens is 212 g/mol. The summed E-state index contributed by atoms with van der Waals surface area (Å²) < 4.78 is 0. The summed E-state index contributed by atoms with van der Waals surface area (Å²) in [5.41, 5.74) is 5.68. The summed E-state index contributed by atoms with van der Waals surface area (Å²) in [4.78, 5) is 12.1. The number of carbonyl (C=O) groups is 1. The van der Waals surface area contributed by atoms with E-state index >= 15 is 0 Å². The molecule has 3 heteroatoms. The van der Waals surface area contributed by atoms with Gasteiger partial charge >= 0.3 is 0 Å². The van der Waals surface area contributed by atoms with Crippen LogP contribution in [-0.4, -0.2) is 18.0 Å². The van der Waals surface area contributed by atoms with Crippen LogP contribution in [0, 0.1) is 11.3 Å². The minimum atomic E-state index is -0.170. The molecule has 0 aromatic carbocycles. The third kappa shape index (κ3) is 7.37. The van der Waals surface area contributed by atoms with Crippen LogP contribution in [-0.2, 0) is 4.79 Å². The molecule has 0 fully saturated rings. The fraction of sp³-hybridized carbons (Fsp3) is 0.929. The van der Waals surface area contributed by atoms with Gasteiger partial charge in [0.05, 0.1) is 5.92 Å². The number of rotatable bonds is 6. The molecule has 0 aliphatic carbocycles. The van der Waals surface area contributed by atoms with Crippen molar-refractivity contribution in [2.45, 2.75) is 66.3 Å². The highest BCUT2D eigenvalue weighted by atomic mass is 16.2. The SMILES string of the molecule is CCCC(CN)C(=O)NC(C)(C)CC(C)(C)C. The van der Waals surface area contributed by atoms with Crippen LogP contribution < -0.4 is 11.1 Å². The second kappa shape index (κ2) is 6.39. The first-order chi connectivity index (χ1) is 7.61. The molecule has 102 valence electrons. The van der Waals surface area contributed by atoms with Crippen molar-refractivity contribution in [3.63, 3.8) is 0 Å². The van der Waals surface area contributed by atoms with Crippen molar-refractivity contribution < 1.29 is 4.79 Å². The van der Waals surface area contributed by atoms with Gasteiger partial charge in [-0.2, -0.15) is 0 Å². The third-order valence-corrected chi connectivity index (χ3v) is 2.73. The minimum absolute atomic E-state index is 0.0424. The number of hydrogen-bond donors (Lipinski definition) is 2. The zero-order chi connectivity index (χ0) is 13.7. The normalized spacial score (nSPS) is 14.5. The molecule has 0 aromatic heterocycles. The fourth-order valence-corrected chi connectivity index (χ4v) is 2.51. The van der Waals surface area contributed by atoms with Crippen molar-refractivity contribution in [1.82, 2.24) is 5.32 Å². The number of hydrogen-bond acceptors (Lipinski definition) is 2. The number of nitrogens with two attached hydrogens (primary N) is 1. The van der Waals surface area contributed by atoms with E-state index in [4.69, 9.17) is 5.73 Å². The fourth-order valence-electron chi connectivity index (χ4n) is 2.51. The number of nitrogens with one attached hydrogen (secondary N) is 1. The highest BCUT2D eigenvalue weighted by Gasteiger charge is 2.28. The first kappa shape index (κ1) is 16.4. The Morgan fingerprint density at radius 1 is 1.24 bits per heavy atom. The van der Waals surface area contributed by atoms with Crippen LogP contribution in [0.4, 0.5) is 0 Å². The molecule has 1 atom stereocenters. The lowest BCUT2D eigenvalue weighted by atomic mass is 9.81. The first-order valence-corrected chi connectivity index (χ1v) is 6.63. The summed E-state index contributed by atoms with van der Waals surface area (Å²) in [7, 11) is 0. The van der Waals surface area contributed by atoms with E-state index in [1.807, 2.05) is 0 Å². The Labute approximate surface area is 107 Å². The highest BCUT2D eigenvalue weighted by Crippen LogP contribution is 2.27. The maximum absolute atomic E-state index is 12.1. The monoisotopic (exact) mass is 242 g/mol. The van der Waals surface area contributed by atoms with E-state index in [9.17, 15) is 4.79 Å².